The van der Waals surface area contributed by atoms with Crippen molar-refractivity contribution < 1.29 is 13.2 Å². The molecule has 0 fully saturated rings. The van der Waals surface area contributed by atoms with Crippen molar-refractivity contribution in [3.63, 3.8) is 0 Å². The van der Waals surface area contributed by atoms with Gasteiger partial charge in [0.25, 0.3) is 0 Å². The Bertz CT molecular complexity index is 723. The van der Waals surface area contributed by atoms with Crippen molar-refractivity contribution in [1.29, 1.82) is 0 Å². The molecule has 1 aliphatic rings. The van der Waals surface area contributed by atoms with Crippen LogP contribution in [0.4, 0.5) is 13.2 Å². The number of rotatable bonds is 3. The van der Waals surface area contributed by atoms with Crippen LogP contribution in [0.3, 0.4) is 0 Å². The third-order valence-corrected chi connectivity index (χ3v) is 4.13. The van der Waals surface area contributed by atoms with E-state index in [2.05, 4.69) is 6.92 Å². The third-order valence-electron chi connectivity index (χ3n) is 4.13. The Labute approximate surface area is 128 Å². The summed E-state index contributed by atoms with van der Waals surface area (Å²) in [4.78, 5) is 0. The summed E-state index contributed by atoms with van der Waals surface area (Å²) in [5.41, 5.74) is 3.92. The van der Waals surface area contributed by atoms with Crippen LogP contribution in [0.5, 0.6) is 0 Å². The average molecular weight is 302 g/mol. The Kier molecular flexibility index (Phi) is 3.81. The van der Waals surface area contributed by atoms with E-state index in [0.717, 1.165) is 35.1 Å². The highest BCUT2D eigenvalue weighted by Gasteiger charge is 2.35. The molecular weight excluding hydrogens is 285 g/mol. The van der Waals surface area contributed by atoms with E-state index < -0.39 is 11.7 Å². The van der Waals surface area contributed by atoms with Crippen molar-refractivity contribution in [3.05, 3.63) is 70.8 Å². The summed E-state index contributed by atoms with van der Waals surface area (Å²) < 4.78 is 40.0. The maximum absolute atomic E-state index is 13.3. The van der Waals surface area contributed by atoms with E-state index in [1.54, 1.807) is 12.1 Å². The average Bonchev–Trinajstić information content (AvgIpc) is 2.86. The molecule has 0 saturated heterocycles. The SMILES string of the molecule is CCCC1=C(c2ccccc2C(F)(F)F)Cc2ccccc21. The molecule has 3 heteroatoms. The zero-order valence-corrected chi connectivity index (χ0v) is 12.4. The Morgan fingerprint density at radius 1 is 0.909 bits per heavy atom. The Morgan fingerprint density at radius 3 is 2.23 bits per heavy atom. The second kappa shape index (κ2) is 5.64. The summed E-state index contributed by atoms with van der Waals surface area (Å²) in [6, 6.07) is 13.8. The molecule has 0 amide bonds. The highest BCUT2D eigenvalue weighted by atomic mass is 19.4. The van der Waals surface area contributed by atoms with E-state index in [-0.39, 0.29) is 0 Å². The lowest BCUT2D eigenvalue weighted by molar-refractivity contribution is -0.137. The molecule has 2 aromatic carbocycles. The predicted octanol–water partition coefficient (Wildman–Crippen LogP) is 5.97. The van der Waals surface area contributed by atoms with Crippen molar-refractivity contribution >= 4 is 11.1 Å². The normalized spacial score (nSPS) is 14.4. The van der Waals surface area contributed by atoms with Gasteiger partial charge in [0.1, 0.15) is 0 Å². The van der Waals surface area contributed by atoms with Crippen molar-refractivity contribution in [2.24, 2.45) is 0 Å². The van der Waals surface area contributed by atoms with E-state index in [1.165, 1.54) is 12.1 Å². The van der Waals surface area contributed by atoms with Gasteiger partial charge in [-0.15, -0.1) is 0 Å². The number of benzene rings is 2. The smallest absolute Gasteiger partial charge is 0.166 e. The standard InChI is InChI=1S/C19H17F3/c1-2-7-15-14-9-4-3-8-13(14)12-17(15)16-10-5-6-11-18(16)19(20,21)22/h3-6,8-11H,2,7,12H2,1H3. The molecule has 0 heterocycles. The van der Waals surface area contributed by atoms with Crippen molar-refractivity contribution in [1.82, 2.24) is 0 Å². The molecular formula is C19H17F3. The number of allylic oxidation sites excluding steroid dienone is 2. The molecule has 22 heavy (non-hydrogen) atoms. The molecule has 0 bridgehead atoms. The van der Waals surface area contributed by atoms with Gasteiger partial charge >= 0.3 is 6.18 Å². The third kappa shape index (κ3) is 2.56. The number of hydrogen-bond acceptors (Lipinski definition) is 0. The first-order chi connectivity index (χ1) is 10.5. The Balaban J connectivity index is 2.18. The van der Waals surface area contributed by atoms with Crippen molar-refractivity contribution in [2.75, 3.05) is 0 Å². The zero-order chi connectivity index (χ0) is 15.7. The van der Waals surface area contributed by atoms with Gasteiger partial charge in [-0.1, -0.05) is 55.8 Å². The molecule has 0 unspecified atom stereocenters. The molecule has 3 rings (SSSR count). The summed E-state index contributed by atoms with van der Waals surface area (Å²) >= 11 is 0. The van der Waals surface area contributed by atoms with Crippen LogP contribution in [-0.2, 0) is 12.6 Å². The Hall–Kier alpha value is -2.03. The van der Waals surface area contributed by atoms with Gasteiger partial charge in [-0.05, 0) is 46.7 Å². The lowest BCUT2D eigenvalue weighted by Crippen LogP contribution is -2.09. The molecule has 0 nitrogen and oxygen atoms in total. The van der Waals surface area contributed by atoms with Gasteiger partial charge in [0, 0.05) is 0 Å². The highest BCUT2D eigenvalue weighted by Crippen LogP contribution is 2.44. The molecule has 1 aliphatic carbocycles. The van der Waals surface area contributed by atoms with Gasteiger partial charge < -0.3 is 0 Å². The van der Waals surface area contributed by atoms with Crippen LogP contribution >= 0.6 is 0 Å². The van der Waals surface area contributed by atoms with E-state index in [9.17, 15) is 13.2 Å². The van der Waals surface area contributed by atoms with Gasteiger partial charge in [0.05, 0.1) is 5.56 Å². The molecule has 0 spiro atoms. The van der Waals surface area contributed by atoms with Crippen LogP contribution in [0, 0.1) is 0 Å². The molecule has 0 aromatic heterocycles. The lowest BCUT2D eigenvalue weighted by atomic mass is 9.93. The molecule has 114 valence electrons. The summed E-state index contributed by atoms with van der Waals surface area (Å²) in [5, 5.41) is 0. The number of fused-ring (bicyclic) bond motifs is 1. The highest BCUT2D eigenvalue weighted by molar-refractivity contribution is 5.97. The fourth-order valence-electron chi connectivity index (χ4n) is 3.22. The largest absolute Gasteiger partial charge is 0.416 e. The second-order valence-electron chi connectivity index (χ2n) is 5.58. The van der Waals surface area contributed by atoms with Crippen LogP contribution in [0.15, 0.2) is 48.5 Å². The van der Waals surface area contributed by atoms with Crippen molar-refractivity contribution in [2.45, 2.75) is 32.4 Å². The monoisotopic (exact) mass is 302 g/mol. The predicted molar refractivity (Wildman–Crippen MR) is 83.3 cm³/mol. The molecule has 0 radical (unpaired) electrons. The number of hydrogen-bond donors (Lipinski definition) is 0. The first-order valence-corrected chi connectivity index (χ1v) is 7.49. The van der Waals surface area contributed by atoms with Crippen LogP contribution in [0.2, 0.25) is 0 Å². The van der Waals surface area contributed by atoms with Crippen LogP contribution in [0.25, 0.3) is 11.1 Å². The summed E-state index contributed by atoms with van der Waals surface area (Å²) in [5.74, 6) is 0. The summed E-state index contributed by atoms with van der Waals surface area (Å²) in [6.07, 6.45) is -2.02. The zero-order valence-electron chi connectivity index (χ0n) is 12.4. The van der Waals surface area contributed by atoms with Crippen LogP contribution in [-0.4, -0.2) is 0 Å². The van der Waals surface area contributed by atoms with Gasteiger partial charge in [0.2, 0.25) is 0 Å². The molecule has 0 aliphatic heterocycles. The minimum Gasteiger partial charge on any atom is -0.166 e. The minimum atomic E-state index is -4.32. The van der Waals surface area contributed by atoms with E-state index in [4.69, 9.17) is 0 Å². The first kappa shape index (κ1) is 14.9. The fraction of sp³-hybridized carbons (Fsp3) is 0.263. The van der Waals surface area contributed by atoms with Crippen LogP contribution < -0.4 is 0 Å². The number of halogens is 3. The minimum absolute atomic E-state index is 0.328. The van der Waals surface area contributed by atoms with E-state index >= 15 is 0 Å². The molecule has 0 atom stereocenters. The molecule has 0 saturated carbocycles. The maximum atomic E-state index is 13.3. The van der Waals surface area contributed by atoms with Gasteiger partial charge in [0.15, 0.2) is 0 Å². The van der Waals surface area contributed by atoms with Gasteiger partial charge in [-0.3, -0.25) is 0 Å². The molecule has 2 aromatic rings. The van der Waals surface area contributed by atoms with Gasteiger partial charge in [-0.25, -0.2) is 0 Å². The summed E-state index contributed by atoms with van der Waals surface area (Å²) in [6.45, 7) is 2.06. The van der Waals surface area contributed by atoms with Crippen molar-refractivity contribution in [3.8, 4) is 0 Å². The second-order valence-corrected chi connectivity index (χ2v) is 5.58. The van der Waals surface area contributed by atoms with E-state index in [0.29, 0.717) is 12.0 Å². The maximum Gasteiger partial charge on any atom is 0.416 e. The van der Waals surface area contributed by atoms with Crippen LogP contribution in [0.1, 0.15) is 42.0 Å². The number of alkyl halides is 3. The topological polar surface area (TPSA) is 0 Å². The van der Waals surface area contributed by atoms with E-state index in [1.807, 2.05) is 24.3 Å². The lowest BCUT2D eigenvalue weighted by Gasteiger charge is -2.15. The first-order valence-electron chi connectivity index (χ1n) is 7.49. The quantitative estimate of drug-likeness (QED) is 0.655. The summed E-state index contributed by atoms with van der Waals surface area (Å²) in [7, 11) is 0. The molecule has 0 N–H and O–H groups in total. The van der Waals surface area contributed by atoms with Gasteiger partial charge in [-0.2, -0.15) is 13.2 Å². The Morgan fingerprint density at radius 2 is 1.55 bits per heavy atom. The fourth-order valence-corrected chi connectivity index (χ4v) is 3.22.